The highest BCUT2D eigenvalue weighted by Crippen LogP contribution is 2.30. The maximum atomic E-state index is 11.7. The molecule has 1 rings (SSSR count). The van der Waals surface area contributed by atoms with Crippen LogP contribution in [0.3, 0.4) is 0 Å². The van der Waals surface area contributed by atoms with Gasteiger partial charge in [0.25, 0.3) is 0 Å². The van der Waals surface area contributed by atoms with Crippen LogP contribution < -0.4 is 5.32 Å². The predicted molar refractivity (Wildman–Crippen MR) is 70.5 cm³/mol. The van der Waals surface area contributed by atoms with Crippen molar-refractivity contribution in [1.82, 2.24) is 5.32 Å². The number of amides is 1. The zero-order valence-electron chi connectivity index (χ0n) is 10.4. The van der Waals surface area contributed by atoms with Gasteiger partial charge in [0.05, 0.1) is 5.92 Å². The summed E-state index contributed by atoms with van der Waals surface area (Å²) in [5.74, 6) is 0.456. The third kappa shape index (κ3) is 5.27. The molecule has 18 heavy (non-hydrogen) atoms. The van der Waals surface area contributed by atoms with Crippen molar-refractivity contribution >= 4 is 23.6 Å². The molecule has 0 aromatic rings. The summed E-state index contributed by atoms with van der Waals surface area (Å²) in [7, 11) is 0. The highest BCUT2D eigenvalue weighted by Gasteiger charge is 2.33. The maximum Gasteiger partial charge on any atom is 0.306 e. The monoisotopic (exact) mass is 275 g/mol. The number of thioether (sulfide) groups is 1. The molecular formula is C12H21NO4S. The van der Waals surface area contributed by atoms with E-state index in [-0.39, 0.29) is 24.3 Å². The van der Waals surface area contributed by atoms with E-state index in [2.05, 4.69) is 5.32 Å². The first-order valence-electron chi connectivity index (χ1n) is 6.34. The summed E-state index contributed by atoms with van der Waals surface area (Å²) in [6.45, 7) is 0.821. The van der Waals surface area contributed by atoms with E-state index in [1.54, 1.807) is 11.8 Å². The minimum absolute atomic E-state index is 0.0125. The molecule has 0 radical (unpaired) electrons. The lowest BCUT2D eigenvalue weighted by atomic mass is 10.0. The number of carboxylic acid groups (broad SMARTS) is 1. The SMILES string of the molecule is O=C(O)[C@H]1CC[C@@H](C(=O)NCCSCCCO)C1. The van der Waals surface area contributed by atoms with Gasteiger partial charge in [0.15, 0.2) is 0 Å². The lowest BCUT2D eigenvalue weighted by Crippen LogP contribution is -2.31. The van der Waals surface area contributed by atoms with Crippen LogP contribution in [0.4, 0.5) is 0 Å². The minimum Gasteiger partial charge on any atom is -0.481 e. The minimum atomic E-state index is -0.787. The van der Waals surface area contributed by atoms with E-state index in [0.29, 0.717) is 25.8 Å². The second-order valence-electron chi connectivity index (χ2n) is 4.53. The number of aliphatic carboxylic acids is 1. The normalized spacial score (nSPS) is 22.9. The molecule has 0 aromatic carbocycles. The van der Waals surface area contributed by atoms with Gasteiger partial charge in [-0.2, -0.15) is 11.8 Å². The van der Waals surface area contributed by atoms with Crippen LogP contribution in [0.15, 0.2) is 0 Å². The largest absolute Gasteiger partial charge is 0.481 e. The smallest absolute Gasteiger partial charge is 0.306 e. The molecule has 0 heterocycles. The summed E-state index contributed by atoms with van der Waals surface area (Å²) in [6.07, 6.45) is 2.54. The molecule has 0 aromatic heterocycles. The Kier molecular flexibility index (Phi) is 7.12. The number of nitrogens with one attached hydrogen (secondary N) is 1. The van der Waals surface area contributed by atoms with E-state index in [9.17, 15) is 9.59 Å². The molecule has 1 fully saturated rings. The number of carbonyl (C=O) groups is 2. The number of hydrogen-bond donors (Lipinski definition) is 3. The van der Waals surface area contributed by atoms with E-state index in [4.69, 9.17) is 10.2 Å². The van der Waals surface area contributed by atoms with Gasteiger partial charge in [-0.1, -0.05) is 0 Å². The molecule has 1 aliphatic carbocycles. The van der Waals surface area contributed by atoms with Crippen molar-refractivity contribution in [3.8, 4) is 0 Å². The Morgan fingerprint density at radius 2 is 1.94 bits per heavy atom. The lowest BCUT2D eigenvalue weighted by Gasteiger charge is -2.10. The topological polar surface area (TPSA) is 86.6 Å². The molecule has 0 bridgehead atoms. The van der Waals surface area contributed by atoms with Crippen molar-refractivity contribution in [1.29, 1.82) is 0 Å². The molecule has 1 aliphatic rings. The summed E-state index contributed by atoms with van der Waals surface area (Å²) in [4.78, 5) is 22.5. The predicted octanol–water partition coefficient (Wildman–Crippen LogP) is 0.719. The molecular weight excluding hydrogens is 254 g/mol. The molecule has 0 spiro atoms. The first-order valence-corrected chi connectivity index (χ1v) is 7.49. The van der Waals surface area contributed by atoms with Gasteiger partial charge in [0.2, 0.25) is 5.91 Å². The van der Waals surface area contributed by atoms with Crippen molar-refractivity contribution in [2.75, 3.05) is 24.7 Å². The second kappa shape index (κ2) is 8.37. The quantitative estimate of drug-likeness (QED) is 0.568. The number of carboxylic acids is 1. The Morgan fingerprint density at radius 1 is 1.22 bits per heavy atom. The molecule has 104 valence electrons. The average molecular weight is 275 g/mol. The zero-order valence-corrected chi connectivity index (χ0v) is 11.2. The Bertz CT molecular complexity index is 285. The van der Waals surface area contributed by atoms with Crippen LogP contribution in [-0.2, 0) is 9.59 Å². The van der Waals surface area contributed by atoms with Gasteiger partial charge in [-0.25, -0.2) is 0 Å². The van der Waals surface area contributed by atoms with Crippen LogP contribution in [0, 0.1) is 11.8 Å². The number of aliphatic hydroxyl groups excluding tert-OH is 1. The Hall–Kier alpha value is -0.750. The van der Waals surface area contributed by atoms with E-state index >= 15 is 0 Å². The number of aliphatic hydroxyl groups is 1. The molecule has 6 heteroatoms. The van der Waals surface area contributed by atoms with E-state index in [1.807, 2.05) is 0 Å². The first kappa shape index (κ1) is 15.3. The summed E-state index contributed by atoms with van der Waals surface area (Å²) in [5.41, 5.74) is 0. The van der Waals surface area contributed by atoms with Crippen molar-refractivity contribution in [2.24, 2.45) is 11.8 Å². The van der Waals surface area contributed by atoms with Crippen molar-refractivity contribution in [3.63, 3.8) is 0 Å². The van der Waals surface area contributed by atoms with Crippen LogP contribution in [0.1, 0.15) is 25.7 Å². The van der Waals surface area contributed by atoms with Gasteiger partial charge in [-0.3, -0.25) is 9.59 Å². The van der Waals surface area contributed by atoms with Gasteiger partial charge in [0.1, 0.15) is 0 Å². The summed E-state index contributed by atoms with van der Waals surface area (Å²) < 4.78 is 0. The highest BCUT2D eigenvalue weighted by molar-refractivity contribution is 7.99. The third-order valence-corrected chi connectivity index (χ3v) is 4.22. The Balaban J connectivity index is 2.09. The summed E-state index contributed by atoms with van der Waals surface area (Å²) in [6, 6.07) is 0. The number of carbonyl (C=O) groups excluding carboxylic acids is 1. The van der Waals surface area contributed by atoms with Crippen molar-refractivity contribution < 1.29 is 19.8 Å². The Morgan fingerprint density at radius 3 is 2.56 bits per heavy atom. The van der Waals surface area contributed by atoms with Crippen LogP contribution in [0.2, 0.25) is 0 Å². The van der Waals surface area contributed by atoms with Crippen molar-refractivity contribution in [2.45, 2.75) is 25.7 Å². The molecule has 5 nitrogen and oxygen atoms in total. The van der Waals surface area contributed by atoms with Crippen LogP contribution in [0.25, 0.3) is 0 Å². The number of rotatable bonds is 8. The highest BCUT2D eigenvalue weighted by atomic mass is 32.2. The standard InChI is InChI=1S/C12H21NO4S/c14-5-1-6-18-7-4-13-11(15)9-2-3-10(8-9)12(16)17/h9-10,14H,1-8H2,(H,13,15)(H,16,17)/t9-,10+/m1/s1. The van der Waals surface area contributed by atoms with Crippen LogP contribution >= 0.6 is 11.8 Å². The number of hydrogen-bond acceptors (Lipinski definition) is 4. The van der Waals surface area contributed by atoms with Crippen LogP contribution in [-0.4, -0.2) is 46.7 Å². The maximum absolute atomic E-state index is 11.7. The lowest BCUT2D eigenvalue weighted by molar-refractivity contribution is -0.141. The van der Waals surface area contributed by atoms with Gasteiger partial charge in [0, 0.05) is 24.8 Å². The summed E-state index contributed by atoms with van der Waals surface area (Å²) >= 11 is 1.70. The van der Waals surface area contributed by atoms with Gasteiger partial charge in [-0.15, -0.1) is 0 Å². The third-order valence-electron chi connectivity index (χ3n) is 3.15. The molecule has 1 amide bonds. The van der Waals surface area contributed by atoms with Crippen LogP contribution in [0.5, 0.6) is 0 Å². The fourth-order valence-electron chi connectivity index (χ4n) is 2.10. The first-order chi connectivity index (χ1) is 8.65. The molecule has 0 aliphatic heterocycles. The van der Waals surface area contributed by atoms with E-state index < -0.39 is 5.97 Å². The Labute approximate surface area is 111 Å². The van der Waals surface area contributed by atoms with Gasteiger partial charge >= 0.3 is 5.97 Å². The van der Waals surface area contributed by atoms with E-state index in [1.165, 1.54) is 0 Å². The fourth-order valence-corrected chi connectivity index (χ4v) is 2.89. The fraction of sp³-hybridized carbons (Fsp3) is 0.833. The van der Waals surface area contributed by atoms with Crippen molar-refractivity contribution in [3.05, 3.63) is 0 Å². The van der Waals surface area contributed by atoms with Gasteiger partial charge < -0.3 is 15.5 Å². The average Bonchev–Trinajstić information content (AvgIpc) is 2.83. The second-order valence-corrected chi connectivity index (χ2v) is 5.75. The zero-order chi connectivity index (χ0) is 13.4. The summed E-state index contributed by atoms with van der Waals surface area (Å²) in [5, 5.41) is 20.3. The van der Waals surface area contributed by atoms with Gasteiger partial charge in [-0.05, 0) is 31.4 Å². The molecule has 1 saturated carbocycles. The molecule has 2 atom stereocenters. The molecule has 0 saturated heterocycles. The molecule has 0 unspecified atom stereocenters. The molecule has 3 N–H and O–H groups in total. The van der Waals surface area contributed by atoms with E-state index in [0.717, 1.165) is 17.9 Å².